The third-order valence-corrected chi connectivity index (χ3v) is 5.17. The van der Waals surface area contributed by atoms with Crippen molar-refractivity contribution in [2.75, 3.05) is 19.6 Å². The molecule has 0 bridgehead atoms. The summed E-state index contributed by atoms with van der Waals surface area (Å²) in [5, 5.41) is 3.41. The lowest BCUT2D eigenvalue weighted by atomic mass is 9.93. The molecule has 3 rings (SSSR count). The maximum atomic E-state index is 13.3. The van der Waals surface area contributed by atoms with Gasteiger partial charge in [-0.15, -0.1) is 0 Å². The van der Waals surface area contributed by atoms with E-state index in [1.807, 2.05) is 4.90 Å². The predicted octanol–water partition coefficient (Wildman–Crippen LogP) is 2.66. The molecule has 2 saturated heterocycles. The zero-order valence-corrected chi connectivity index (χ0v) is 13.0. The lowest BCUT2D eigenvalue weighted by Gasteiger charge is -2.27. The number of likely N-dealkylation sites (tertiary alicyclic amines) is 1. The van der Waals surface area contributed by atoms with E-state index in [0.717, 1.165) is 26.1 Å². The first-order valence-electron chi connectivity index (χ1n) is 7.08. The first-order valence-corrected chi connectivity index (χ1v) is 7.88. The number of nitrogens with one attached hydrogen (secondary N) is 1. The molecule has 1 N–H and O–H groups in total. The van der Waals surface area contributed by atoms with Crippen LogP contribution in [0.25, 0.3) is 0 Å². The summed E-state index contributed by atoms with van der Waals surface area (Å²) in [5.41, 5.74) is 0.560. The molecular formula is C15H18BrFN2O. The number of carbonyl (C=O) groups is 1. The van der Waals surface area contributed by atoms with Gasteiger partial charge in [-0.3, -0.25) is 4.79 Å². The van der Waals surface area contributed by atoms with Crippen LogP contribution in [0, 0.1) is 17.7 Å². The molecule has 1 amide bonds. The second-order valence-corrected chi connectivity index (χ2v) is 6.50. The molecule has 2 heterocycles. The molecule has 3 nitrogen and oxygen atoms in total. The smallest absolute Gasteiger partial charge is 0.254 e. The number of hydrogen-bond acceptors (Lipinski definition) is 2. The Hall–Kier alpha value is -0.940. The number of carbonyl (C=O) groups excluding carboxylic acids is 1. The minimum Gasteiger partial charge on any atom is -0.335 e. The van der Waals surface area contributed by atoms with E-state index >= 15 is 0 Å². The van der Waals surface area contributed by atoms with Crippen LogP contribution in [0.15, 0.2) is 22.7 Å². The lowest BCUT2D eigenvalue weighted by molar-refractivity contribution is 0.0711. The van der Waals surface area contributed by atoms with Gasteiger partial charge in [0.1, 0.15) is 5.82 Å². The molecule has 0 spiro atoms. The van der Waals surface area contributed by atoms with E-state index in [1.165, 1.54) is 6.07 Å². The number of amides is 1. The van der Waals surface area contributed by atoms with Crippen LogP contribution in [0.1, 0.15) is 23.7 Å². The van der Waals surface area contributed by atoms with Crippen LogP contribution in [-0.2, 0) is 0 Å². The molecule has 20 heavy (non-hydrogen) atoms. The van der Waals surface area contributed by atoms with Crippen LogP contribution in [-0.4, -0.2) is 36.5 Å². The van der Waals surface area contributed by atoms with Gasteiger partial charge in [0.15, 0.2) is 0 Å². The Labute approximate surface area is 126 Å². The Morgan fingerprint density at radius 1 is 1.50 bits per heavy atom. The fraction of sp³-hybridized carbons (Fsp3) is 0.533. The zero-order valence-electron chi connectivity index (χ0n) is 11.4. The SMILES string of the molecule is CCC1C2CNCC2CN1C(=O)c1ccc(F)c(Br)c1. The highest BCUT2D eigenvalue weighted by Gasteiger charge is 2.45. The van der Waals surface area contributed by atoms with Gasteiger partial charge in [0.05, 0.1) is 4.47 Å². The van der Waals surface area contributed by atoms with Crippen LogP contribution < -0.4 is 5.32 Å². The number of halogens is 2. The topological polar surface area (TPSA) is 32.3 Å². The largest absolute Gasteiger partial charge is 0.335 e. The van der Waals surface area contributed by atoms with Gasteiger partial charge in [-0.05, 0) is 52.4 Å². The van der Waals surface area contributed by atoms with Crippen molar-refractivity contribution in [1.82, 2.24) is 10.2 Å². The molecular weight excluding hydrogens is 323 g/mol. The predicted molar refractivity (Wildman–Crippen MR) is 79.1 cm³/mol. The molecule has 0 saturated carbocycles. The van der Waals surface area contributed by atoms with Gasteiger partial charge in [0.2, 0.25) is 0 Å². The highest BCUT2D eigenvalue weighted by molar-refractivity contribution is 9.10. The Morgan fingerprint density at radius 2 is 2.30 bits per heavy atom. The summed E-state index contributed by atoms with van der Waals surface area (Å²) in [6, 6.07) is 4.79. The maximum absolute atomic E-state index is 13.3. The van der Waals surface area contributed by atoms with Crippen LogP contribution >= 0.6 is 15.9 Å². The van der Waals surface area contributed by atoms with E-state index in [2.05, 4.69) is 28.2 Å². The fourth-order valence-corrected chi connectivity index (χ4v) is 3.95. The van der Waals surface area contributed by atoms with Crippen molar-refractivity contribution in [1.29, 1.82) is 0 Å². The fourth-order valence-electron chi connectivity index (χ4n) is 3.57. The average Bonchev–Trinajstić information content (AvgIpc) is 3.01. The van der Waals surface area contributed by atoms with E-state index in [1.54, 1.807) is 12.1 Å². The standard InChI is InChI=1S/C15H18BrFN2O/c1-2-14-11-7-18-6-10(11)8-19(14)15(20)9-3-4-13(17)12(16)5-9/h3-5,10-11,14,18H,2,6-8H2,1H3. The second kappa shape index (κ2) is 5.45. The molecule has 1 aromatic carbocycles. The monoisotopic (exact) mass is 340 g/mol. The molecule has 3 unspecified atom stereocenters. The Bertz CT molecular complexity index is 537. The van der Waals surface area contributed by atoms with Crippen molar-refractivity contribution >= 4 is 21.8 Å². The molecule has 1 aromatic rings. The number of benzene rings is 1. The van der Waals surface area contributed by atoms with Gasteiger partial charge in [0.25, 0.3) is 5.91 Å². The minimum atomic E-state index is -0.337. The summed E-state index contributed by atoms with van der Waals surface area (Å²) >= 11 is 3.15. The molecule has 2 aliphatic rings. The summed E-state index contributed by atoms with van der Waals surface area (Å²) in [6.45, 7) is 4.94. The van der Waals surface area contributed by atoms with E-state index in [9.17, 15) is 9.18 Å². The molecule has 2 aliphatic heterocycles. The summed E-state index contributed by atoms with van der Waals surface area (Å²) in [5.74, 6) is 0.809. The first-order chi connectivity index (χ1) is 9.61. The van der Waals surface area contributed by atoms with E-state index in [-0.39, 0.29) is 11.7 Å². The summed E-state index contributed by atoms with van der Waals surface area (Å²) in [4.78, 5) is 14.7. The quantitative estimate of drug-likeness (QED) is 0.897. The normalized spacial score (nSPS) is 28.8. The molecule has 3 atom stereocenters. The highest BCUT2D eigenvalue weighted by Crippen LogP contribution is 2.35. The van der Waals surface area contributed by atoms with Gasteiger partial charge in [-0.25, -0.2) is 4.39 Å². The molecule has 0 radical (unpaired) electrons. The molecule has 2 fully saturated rings. The second-order valence-electron chi connectivity index (χ2n) is 5.64. The average molecular weight is 341 g/mol. The Balaban J connectivity index is 1.84. The van der Waals surface area contributed by atoms with Gasteiger partial charge < -0.3 is 10.2 Å². The highest BCUT2D eigenvalue weighted by atomic mass is 79.9. The van der Waals surface area contributed by atoms with Crippen molar-refractivity contribution < 1.29 is 9.18 Å². The summed E-state index contributed by atoms with van der Waals surface area (Å²) < 4.78 is 13.6. The summed E-state index contributed by atoms with van der Waals surface area (Å²) in [6.07, 6.45) is 0.969. The van der Waals surface area contributed by atoms with Crippen molar-refractivity contribution in [3.05, 3.63) is 34.1 Å². The molecule has 5 heteroatoms. The van der Waals surface area contributed by atoms with Crippen molar-refractivity contribution in [2.45, 2.75) is 19.4 Å². The zero-order chi connectivity index (χ0) is 14.3. The third kappa shape index (κ3) is 2.27. The lowest BCUT2D eigenvalue weighted by Crippen LogP contribution is -2.39. The van der Waals surface area contributed by atoms with E-state index in [4.69, 9.17) is 0 Å². The maximum Gasteiger partial charge on any atom is 0.254 e. The van der Waals surface area contributed by atoms with Crippen molar-refractivity contribution in [3.8, 4) is 0 Å². The molecule has 108 valence electrons. The van der Waals surface area contributed by atoms with Crippen LogP contribution in [0.4, 0.5) is 4.39 Å². The minimum absolute atomic E-state index is 0.0203. The number of hydrogen-bond donors (Lipinski definition) is 1. The third-order valence-electron chi connectivity index (χ3n) is 4.56. The number of rotatable bonds is 2. The van der Waals surface area contributed by atoms with E-state index < -0.39 is 0 Å². The van der Waals surface area contributed by atoms with Crippen LogP contribution in [0.2, 0.25) is 0 Å². The van der Waals surface area contributed by atoms with Gasteiger partial charge >= 0.3 is 0 Å². The van der Waals surface area contributed by atoms with Gasteiger partial charge in [-0.1, -0.05) is 6.92 Å². The Morgan fingerprint density at radius 3 is 3.00 bits per heavy atom. The van der Waals surface area contributed by atoms with E-state index in [0.29, 0.717) is 27.9 Å². The van der Waals surface area contributed by atoms with Crippen LogP contribution in [0.3, 0.4) is 0 Å². The summed E-state index contributed by atoms with van der Waals surface area (Å²) in [7, 11) is 0. The first kappa shape index (κ1) is 14.0. The Kier molecular flexibility index (Phi) is 3.82. The van der Waals surface area contributed by atoms with Crippen molar-refractivity contribution in [2.24, 2.45) is 11.8 Å². The molecule has 0 aliphatic carbocycles. The van der Waals surface area contributed by atoms with Crippen LogP contribution in [0.5, 0.6) is 0 Å². The van der Waals surface area contributed by atoms with Gasteiger partial charge in [0, 0.05) is 31.2 Å². The van der Waals surface area contributed by atoms with Gasteiger partial charge in [-0.2, -0.15) is 0 Å². The number of nitrogens with zero attached hydrogens (tertiary/aromatic N) is 1. The molecule has 0 aromatic heterocycles. The number of fused-ring (bicyclic) bond motifs is 1. The van der Waals surface area contributed by atoms with Crippen molar-refractivity contribution in [3.63, 3.8) is 0 Å².